The minimum Gasteiger partial charge on any atom is -0.343 e. The molecule has 1 aromatic carbocycles. The lowest BCUT2D eigenvalue weighted by molar-refractivity contribution is -0.115. The SMILES string of the molecule is Cc1cn[nH]c1NC(=O)CNC(=O)c1ccccc1Cl. The number of nitrogens with zero attached hydrogens (tertiary/aromatic N) is 1. The Morgan fingerprint density at radius 3 is 2.75 bits per heavy atom. The summed E-state index contributed by atoms with van der Waals surface area (Å²) in [6, 6.07) is 6.64. The van der Waals surface area contributed by atoms with E-state index in [0.717, 1.165) is 5.56 Å². The van der Waals surface area contributed by atoms with E-state index in [9.17, 15) is 9.59 Å². The lowest BCUT2D eigenvalue weighted by Crippen LogP contribution is -2.33. The Bertz CT molecular complexity index is 639. The van der Waals surface area contributed by atoms with Gasteiger partial charge in [0.2, 0.25) is 5.91 Å². The zero-order chi connectivity index (χ0) is 14.5. The molecule has 20 heavy (non-hydrogen) atoms. The van der Waals surface area contributed by atoms with Crippen molar-refractivity contribution in [3.63, 3.8) is 0 Å². The molecule has 2 rings (SSSR count). The average Bonchev–Trinajstić information content (AvgIpc) is 2.82. The summed E-state index contributed by atoms with van der Waals surface area (Å²) in [6.45, 7) is 1.66. The molecule has 0 bridgehead atoms. The van der Waals surface area contributed by atoms with Crippen molar-refractivity contribution >= 4 is 29.2 Å². The second-order valence-electron chi connectivity index (χ2n) is 4.14. The maximum atomic E-state index is 11.8. The van der Waals surface area contributed by atoms with Gasteiger partial charge in [-0.3, -0.25) is 14.7 Å². The Morgan fingerprint density at radius 1 is 1.35 bits per heavy atom. The van der Waals surface area contributed by atoms with Crippen molar-refractivity contribution in [3.8, 4) is 0 Å². The Hall–Kier alpha value is -2.34. The number of aryl methyl sites for hydroxylation is 1. The van der Waals surface area contributed by atoms with Gasteiger partial charge in [-0.15, -0.1) is 0 Å². The molecule has 6 nitrogen and oxygen atoms in total. The molecule has 0 saturated carbocycles. The van der Waals surface area contributed by atoms with Crippen molar-refractivity contribution in [2.24, 2.45) is 0 Å². The summed E-state index contributed by atoms with van der Waals surface area (Å²) in [7, 11) is 0. The van der Waals surface area contributed by atoms with Gasteiger partial charge < -0.3 is 10.6 Å². The number of nitrogens with one attached hydrogen (secondary N) is 3. The first-order valence-corrected chi connectivity index (χ1v) is 6.28. The van der Waals surface area contributed by atoms with Crippen molar-refractivity contribution < 1.29 is 9.59 Å². The molecule has 0 atom stereocenters. The van der Waals surface area contributed by atoms with Crippen LogP contribution in [0.5, 0.6) is 0 Å². The predicted molar refractivity (Wildman–Crippen MR) is 75.7 cm³/mol. The van der Waals surface area contributed by atoms with E-state index in [-0.39, 0.29) is 12.5 Å². The third kappa shape index (κ3) is 3.36. The quantitative estimate of drug-likeness (QED) is 0.802. The lowest BCUT2D eigenvalue weighted by Gasteiger charge is -2.07. The third-order valence-electron chi connectivity index (χ3n) is 2.62. The van der Waals surface area contributed by atoms with Crippen LogP contribution in [-0.2, 0) is 4.79 Å². The summed E-state index contributed by atoms with van der Waals surface area (Å²) in [4.78, 5) is 23.5. The van der Waals surface area contributed by atoms with Gasteiger partial charge in [0.1, 0.15) is 5.82 Å². The molecule has 0 radical (unpaired) electrons. The molecule has 0 spiro atoms. The summed E-state index contributed by atoms with van der Waals surface area (Å²) >= 11 is 5.90. The van der Waals surface area contributed by atoms with Crippen molar-refractivity contribution in [3.05, 3.63) is 46.6 Å². The number of hydrogen-bond acceptors (Lipinski definition) is 3. The largest absolute Gasteiger partial charge is 0.343 e. The minimum absolute atomic E-state index is 0.150. The van der Waals surface area contributed by atoms with E-state index in [1.807, 2.05) is 0 Å². The van der Waals surface area contributed by atoms with E-state index in [1.165, 1.54) is 0 Å². The highest BCUT2D eigenvalue weighted by Crippen LogP contribution is 2.14. The van der Waals surface area contributed by atoms with Crippen LogP contribution in [0.2, 0.25) is 5.02 Å². The van der Waals surface area contributed by atoms with Crippen LogP contribution in [0.3, 0.4) is 0 Å². The normalized spacial score (nSPS) is 10.1. The Balaban J connectivity index is 1.89. The number of carbonyl (C=O) groups is 2. The Morgan fingerprint density at radius 2 is 2.10 bits per heavy atom. The maximum absolute atomic E-state index is 11.8. The van der Waals surface area contributed by atoms with Crippen molar-refractivity contribution in [1.82, 2.24) is 15.5 Å². The molecule has 104 valence electrons. The number of halogens is 1. The summed E-state index contributed by atoms with van der Waals surface area (Å²) in [6.07, 6.45) is 1.60. The minimum atomic E-state index is -0.396. The van der Waals surface area contributed by atoms with Gasteiger partial charge >= 0.3 is 0 Å². The molecule has 2 aromatic rings. The molecule has 0 aliphatic carbocycles. The fourth-order valence-corrected chi connectivity index (χ4v) is 1.78. The number of rotatable bonds is 4. The number of H-pyrrole nitrogens is 1. The molecule has 0 fully saturated rings. The van der Waals surface area contributed by atoms with E-state index >= 15 is 0 Å². The van der Waals surface area contributed by atoms with E-state index < -0.39 is 5.91 Å². The third-order valence-corrected chi connectivity index (χ3v) is 2.95. The fourth-order valence-electron chi connectivity index (χ4n) is 1.56. The number of amides is 2. The molecule has 1 heterocycles. The van der Waals surface area contributed by atoms with Crippen LogP contribution in [0.4, 0.5) is 5.82 Å². The Labute approximate surface area is 120 Å². The first-order valence-electron chi connectivity index (χ1n) is 5.90. The van der Waals surface area contributed by atoms with Gasteiger partial charge in [-0.1, -0.05) is 23.7 Å². The van der Waals surface area contributed by atoms with Gasteiger partial charge in [-0.25, -0.2) is 0 Å². The highest BCUT2D eigenvalue weighted by atomic mass is 35.5. The van der Waals surface area contributed by atoms with Gasteiger partial charge in [0, 0.05) is 5.56 Å². The topological polar surface area (TPSA) is 86.9 Å². The van der Waals surface area contributed by atoms with E-state index in [1.54, 1.807) is 37.4 Å². The summed E-state index contributed by atoms with van der Waals surface area (Å²) < 4.78 is 0. The van der Waals surface area contributed by atoms with Crippen LogP contribution in [0.15, 0.2) is 30.5 Å². The van der Waals surface area contributed by atoms with Crippen molar-refractivity contribution in [2.45, 2.75) is 6.92 Å². The highest BCUT2D eigenvalue weighted by Gasteiger charge is 2.11. The van der Waals surface area contributed by atoms with Crippen LogP contribution in [0.25, 0.3) is 0 Å². The molecule has 0 unspecified atom stereocenters. The maximum Gasteiger partial charge on any atom is 0.253 e. The average molecular weight is 293 g/mol. The van der Waals surface area contributed by atoms with Gasteiger partial charge in [0.05, 0.1) is 23.3 Å². The number of anilines is 1. The van der Waals surface area contributed by atoms with Gasteiger partial charge in [0.15, 0.2) is 0 Å². The number of carbonyl (C=O) groups excluding carboxylic acids is 2. The predicted octanol–water partition coefficient (Wildman–Crippen LogP) is 1.74. The van der Waals surface area contributed by atoms with E-state index in [2.05, 4.69) is 20.8 Å². The smallest absolute Gasteiger partial charge is 0.253 e. The molecular formula is C13H13ClN4O2. The van der Waals surface area contributed by atoms with Crippen LogP contribution in [-0.4, -0.2) is 28.6 Å². The molecule has 0 saturated heterocycles. The zero-order valence-corrected chi connectivity index (χ0v) is 11.5. The molecule has 0 aliphatic rings. The van der Waals surface area contributed by atoms with Gasteiger partial charge in [-0.2, -0.15) is 5.10 Å². The van der Waals surface area contributed by atoms with Crippen LogP contribution < -0.4 is 10.6 Å². The highest BCUT2D eigenvalue weighted by molar-refractivity contribution is 6.33. The summed E-state index contributed by atoms with van der Waals surface area (Å²) in [5.41, 5.74) is 1.15. The summed E-state index contributed by atoms with van der Waals surface area (Å²) in [5.74, 6) is -0.230. The summed E-state index contributed by atoms with van der Waals surface area (Å²) in [5, 5.41) is 11.9. The first kappa shape index (κ1) is 14.1. The van der Waals surface area contributed by atoms with Gasteiger partial charge in [-0.05, 0) is 19.1 Å². The molecular weight excluding hydrogens is 280 g/mol. The second-order valence-corrected chi connectivity index (χ2v) is 4.55. The molecule has 0 aliphatic heterocycles. The van der Waals surface area contributed by atoms with E-state index in [4.69, 9.17) is 11.6 Å². The number of aromatic amines is 1. The number of hydrogen-bond donors (Lipinski definition) is 3. The number of aromatic nitrogens is 2. The Kier molecular flexibility index (Phi) is 4.37. The zero-order valence-electron chi connectivity index (χ0n) is 10.7. The van der Waals surface area contributed by atoms with Crippen molar-refractivity contribution in [2.75, 3.05) is 11.9 Å². The van der Waals surface area contributed by atoms with Crippen molar-refractivity contribution in [1.29, 1.82) is 0 Å². The van der Waals surface area contributed by atoms with Crippen LogP contribution in [0.1, 0.15) is 15.9 Å². The lowest BCUT2D eigenvalue weighted by atomic mass is 10.2. The van der Waals surface area contributed by atoms with Gasteiger partial charge in [0.25, 0.3) is 5.91 Å². The molecule has 7 heteroatoms. The van der Waals surface area contributed by atoms with Crippen LogP contribution >= 0.6 is 11.6 Å². The number of benzene rings is 1. The second kappa shape index (κ2) is 6.21. The molecule has 1 aromatic heterocycles. The van der Waals surface area contributed by atoms with E-state index in [0.29, 0.717) is 16.4 Å². The molecule has 2 amide bonds. The fraction of sp³-hybridized carbons (Fsp3) is 0.154. The standard InChI is InChI=1S/C13H13ClN4O2/c1-8-6-16-18-12(8)17-11(19)7-15-13(20)9-4-2-3-5-10(9)14/h2-6H,7H2,1H3,(H,15,20)(H2,16,17,18,19). The first-order chi connectivity index (χ1) is 9.58. The van der Waals surface area contributed by atoms with Crippen LogP contribution in [0, 0.1) is 6.92 Å². The molecule has 3 N–H and O–H groups in total. The monoisotopic (exact) mass is 292 g/mol.